The van der Waals surface area contributed by atoms with Gasteiger partial charge in [-0.2, -0.15) is 0 Å². The van der Waals surface area contributed by atoms with Crippen LogP contribution in [0.4, 0.5) is 5.69 Å². The topological polar surface area (TPSA) is 50.7 Å². The number of nitrogens with one attached hydrogen (secondary N) is 1. The van der Waals surface area contributed by atoms with Crippen LogP contribution in [0.5, 0.6) is 5.75 Å². The lowest BCUT2D eigenvalue weighted by Gasteiger charge is -2.16. The second-order valence-corrected chi connectivity index (χ2v) is 4.55. The Kier molecular flexibility index (Phi) is 3.86. The predicted molar refractivity (Wildman–Crippen MR) is 66.4 cm³/mol. The third kappa shape index (κ3) is 3.35. The number of rotatable bonds is 4. The van der Waals surface area contributed by atoms with E-state index in [1.807, 2.05) is 38.1 Å². The van der Waals surface area contributed by atoms with Crippen molar-refractivity contribution in [3.8, 4) is 5.75 Å². The maximum Gasteiger partial charge on any atom is 0.119 e. The second kappa shape index (κ2) is 5.38. The summed E-state index contributed by atoms with van der Waals surface area (Å²) in [6.07, 6.45) is -0.250. The minimum absolute atomic E-state index is 0.0214. The van der Waals surface area contributed by atoms with E-state index in [0.29, 0.717) is 13.2 Å². The first kappa shape index (κ1) is 12.2. The molecule has 0 spiro atoms. The molecular formula is C13H19NO3. The maximum atomic E-state index is 9.61. The van der Waals surface area contributed by atoms with Crippen LogP contribution in [0.25, 0.3) is 0 Å². The molecule has 0 aliphatic carbocycles. The molecule has 94 valence electrons. The lowest BCUT2D eigenvalue weighted by Crippen LogP contribution is -2.31. The van der Waals surface area contributed by atoms with Gasteiger partial charge in [0.15, 0.2) is 0 Å². The van der Waals surface area contributed by atoms with Crippen LogP contribution in [-0.2, 0) is 4.74 Å². The molecular weight excluding hydrogens is 218 g/mol. The third-order valence-corrected chi connectivity index (χ3v) is 2.63. The molecule has 0 aromatic heterocycles. The quantitative estimate of drug-likeness (QED) is 0.836. The zero-order chi connectivity index (χ0) is 12.3. The van der Waals surface area contributed by atoms with Gasteiger partial charge in [0.25, 0.3) is 0 Å². The van der Waals surface area contributed by atoms with Crippen LogP contribution >= 0.6 is 0 Å². The van der Waals surface area contributed by atoms with Crippen LogP contribution in [0.15, 0.2) is 24.3 Å². The Labute approximate surface area is 102 Å². The summed E-state index contributed by atoms with van der Waals surface area (Å²) in [5.41, 5.74) is 0.968. The Bertz CT molecular complexity index is 350. The van der Waals surface area contributed by atoms with Crippen LogP contribution in [0.3, 0.4) is 0 Å². The van der Waals surface area contributed by atoms with Gasteiger partial charge in [0.1, 0.15) is 5.75 Å². The monoisotopic (exact) mass is 237 g/mol. The highest BCUT2D eigenvalue weighted by Crippen LogP contribution is 2.19. The van der Waals surface area contributed by atoms with Gasteiger partial charge in [0.2, 0.25) is 0 Å². The van der Waals surface area contributed by atoms with E-state index in [4.69, 9.17) is 9.47 Å². The van der Waals surface area contributed by atoms with Gasteiger partial charge in [0, 0.05) is 5.69 Å². The number of benzene rings is 1. The smallest absolute Gasteiger partial charge is 0.119 e. The van der Waals surface area contributed by atoms with E-state index in [0.717, 1.165) is 11.4 Å². The highest BCUT2D eigenvalue weighted by Gasteiger charge is 2.25. The fourth-order valence-corrected chi connectivity index (χ4v) is 1.80. The fourth-order valence-electron chi connectivity index (χ4n) is 1.80. The third-order valence-electron chi connectivity index (χ3n) is 2.63. The Morgan fingerprint density at radius 2 is 2.00 bits per heavy atom. The van der Waals surface area contributed by atoms with E-state index in [1.165, 1.54) is 0 Å². The van der Waals surface area contributed by atoms with Crippen LogP contribution < -0.4 is 10.1 Å². The Balaban J connectivity index is 1.93. The first-order valence-electron chi connectivity index (χ1n) is 5.94. The molecule has 2 rings (SSSR count). The number of aliphatic hydroxyl groups excluding tert-OH is 1. The molecule has 0 saturated carbocycles. The highest BCUT2D eigenvalue weighted by molar-refractivity contribution is 5.47. The van der Waals surface area contributed by atoms with E-state index in [1.54, 1.807) is 0 Å². The number of anilines is 1. The van der Waals surface area contributed by atoms with Crippen molar-refractivity contribution >= 4 is 5.69 Å². The van der Waals surface area contributed by atoms with Gasteiger partial charge in [-0.1, -0.05) is 0 Å². The van der Waals surface area contributed by atoms with Crippen molar-refractivity contribution < 1.29 is 14.6 Å². The average Bonchev–Trinajstić information content (AvgIpc) is 2.67. The average molecular weight is 237 g/mol. The SMILES string of the molecule is CC(C)Oc1ccc(NC2COCC2O)cc1. The van der Waals surface area contributed by atoms with Crippen molar-refractivity contribution in [3.05, 3.63) is 24.3 Å². The van der Waals surface area contributed by atoms with Crippen molar-refractivity contribution in [1.82, 2.24) is 0 Å². The Hall–Kier alpha value is -1.26. The molecule has 0 radical (unpaired) electrons. The van der Waals surface area contributed by atoms with Crippen LogP contribution in [0.2, 0.25) is 0 Å². The zero-order valence-electron chi connectivity index (χ0n) is 10.2. The fraction of sp³-hybridized carbons (Fsp3) is 0.538. The van der Waals surface area contributed by atoms with Gasteiger partial charge in [-0.3, -0.25) is 0 Å². The molecule has 1 saturated heterocycles. The Morgan fingerprint density at radius 1 is 1.29 bits per heavy atom. The molecule has 1 aliphatic heterocycles. The number of hydrogen-bond acceptors (Lipinski definition) is 4. The first-order chi connectivity index (χ1) is 8.15. The molecule has 4 nitrogen and oxygen atoms in total. The van der Waals surface area contributed by atoms with Gasteiger partial charge in [-0.25, -0.2) is 0 Å². The van der Waals surface area contributed by atoms with E-state index >= 15 is 0 Å². The predicted octanol–water partition coefficient (Wildman–Crippen LogP) is 1.65. The van der Waals surface area contributed by atoms with Gasteiger partial charge < -0.3 is 19.9 Å². The van der Waals surface area contributed by atoms with Crippen LogP contribution in [-0.4, -0.2) is 36.6 Å². The summed E-state index contributed by atoms with van der Waals surface area (Å²) in [5, 5.41) is 12.9. The first-order valence-corrected chi connectivity index (χ1v) is 5.94. The zero-order valence-corrected chi connectivity index (χ0v) is 10.2. The van der Waals surface area contributed by atoms with Crippen LogP contribution in [0, 0.1) is 0 Å². The van der Waals surface area contributed by atoms with Crippen molar-refractivity contribution in [3.63, 3.8) is 0 Å². The molecule has 2 unspecified atom stereocenters. The summed E-state index contributed by atoms with van der Waals surface area (Å²) in [4.78, 5) is 0. The highest BCUT2D eigenvalue weighted by atomic mass is 16.5. The minimum Gasteiger partial charge on any atom is -0.491 e. The molecule has 0 bridgehead atoms. The molecule has 2 atom stereocenters. The summed E-state index contributed by atoms with van der Waals surface area (Å²) in [6.45, 7) is 4.95. The maximum absolute atomic E-state index is 9.61. The number of hydrogen-bond donors (Lipinski definition) is 2. The molecule has 17 heavy (non-hydrogen) atoms. The molecule has 1 fully saturated rings. The molecule has 1 aliphatic rings. The van der Waals surface area contributed by atoms with Gasteiger partial charge >= 0.3 is 0 Å². The summed E-state index contributed by atoms with van der Waals surface area (Å²) in [7, 11) is 0. The largest absolute Gasteiger partial charge is 0.491 e. The van der Waals surface area contributed by atoms with Gasteiger partial charge in [-0.15, -0.1) is 0 Å². The van der Waals surface area contributed by atoms with Gasteiger partial charge in [-0.05, 0) is 38.1 Å². The summed E-state index contributed by atoms with van der Waals surface area (Å²) < 4.78 is 10.7. The standard InChI is InChI=1S/C13H19NO3/c1-9(2)17-11-5-3-10(4-6-11)14-12-7-16-8-13(12)15/h3-6,9,12-15H,7-8H2,1-2H3. The normalized spacial score (nSPS) is 24.0. The molecule has 1 heterocycles. The molecule has 0 amide bonds. The number of aliphatic hydroxyl groups is 1. The van der Waals surface area contributed by atoms with E-state index in [-0.39, 0.29) is 12.1 Å². The van der Waals surface area contributed by atoms with Gasteiger partial charge in [0.05, 0.1) is 31.5 Å². The second-order valence-electron chi connectivity index (χ2n) is 4.55. The molecule has 1 aromatic rings. The summed E-state index contributed by atoms with van der Waals surface area (Å²) in [5.74, 6) is 0.855. The summed E-state index contributed by atoms with van der Waals surface area (Å²) >= 11 is 0. The lowest BCUT2D eigenvalue weighted by atomic mass is 10.2. The van der Waals surface area contributed by atoms with Crippen molar-refractivity contribution in [2.24, 2.45) is 0 Å². The van der Waals surface area contributed by atoms with Crippen molar-refractivity contribution in [1.29, 1.82) is 0 Å². The van der Waals surface area contributed by atoms with Crippen molar-refractivity contribution in [2.75, 3.05) is 18.5 Å². The molecule has 2 N–H and O–H groups in total. The molecule has 1 aromatic carbocycles. The Morgan fingerprint density at radius 3 is 2.53 bits per heavy atom. The van der Waals surface area contributed by atoms with E-state index in [2.05, 4.69) is 5.32 Å². The number of ether oxygens (including phenoxy) is 2. The van der Waals surface area contributed by atoms with E-state index < -0.39 is 6.10 Å². The lowest BCUT2D eigenvalue weighted by molar-refractivity contribution is 0.125. The summed E-state index contributed by atoms with van der Waals surface area (Å²) in [6, 6.07) is 7.72. The van der Waals surface area contributed by atoms with Crippen LogP contribution in [0.1, 0.15) is 13.8 Å². The van der Waals surface area contributed by atoms with Crippen molar-refractivity contribution in [2.45, 2.75) is 32.1 Å². The van der Waals surface area contributed by atoms with E-state index in [9.17, 15) is 5.11 Å². The molecule has 4 heteroatoms. The minimum atomic E-state index is -0.429.